The highest BCUT2D eigenvalue weighted by Gasteiger charge is 2.34. The summed E-state index contributed by atoms with van der Waals surface area (Å²) in [5.41, 5.74) is 6.19. The second kappa shape index (κ2) is 8.28. The molecule has 6 heterocycles. The van der Waals surface area contributed by atoms with Gasteiger partial charge in [-0.25, -0.2) is 9.97 Å². The van der Waals surface area contributed by atoms with Crippen LogP contribution >= 0.6 is 0 Å². The second-order valence-corrected chi connectivity index (χ2v) is 8.50. The molecule has 12 nitrogen and oxygen atoms in total. The van der Waals surface area contributed by atoms with E-state index in [1.54, 1.807) is 30.8 Å². The third-order valence-electron chi connectivity index (χ3n) is 6.37. The molecule has 2 atom stereocenters. The van der Waals surface area contributed by atoms with Crippen molar-refractivity contribution in [3.05, 3.63) is 36.9 Å². The van der Waals surface area contributed by atoms with Crippen molar-refractivity contribution in [3.8, 4) is 11.6 Å². The van der Waals surface area contributed by atoms with E-state index in [0.717, 1.165) is 45.6 Å². The normalized spacial score (nSPS) is 21.3. The zero-order valence-electron chi connectivity index (χ0n) is 18.1. The summed E-state index contributed by atoms with van der Waals surface area (Å²) in [4.78, 5) is 26.9. The number of hydrogen-bond donors (Lipinski definition) is 2. The van der Waals surface area contributed by atoms with Gasteiger partial charge in [0.15, 0.2) is 5.76 Å². The molecule has 2 fully saturated rings. The number of hydrogen-bond acceptors (Lipinski definition) is 11. The Morgan fingerprint density at radius 1 is 1.06 bits per heavy atom. The molecular formula is C21H25N11O. The lowest BCUT2D eigenvalue weighted by molar-refractivity contribution is 0.0993. The molecule has 33 heavy (non-hydrogen) atoms. The maximum atomic E-state index is 6.19. The molecule has 4 aromatic heterocycles. The number of anilines is 3. The van der Waals surface area contributed by atoms with E-state index in [9.17, 15) is 0 Å². The lowest BCUT2D eigenvalue weighted by atomic mass is 9.91. The van der Waals surface area contributed by atoms with Crippen LogP contribution in [0.15, 0.2) is 41.3 Å². The van der Waals surface area contributed by atoms with Crippen LogP contribution in [-0.4, -0.2) is 78.2 Å². The van der Waals surface area contributed by atoms with Crippen LogP contribution in [0.4, 0.5) is 17.8 Å². The first-order valence-corrected chi connectivity index (χ1v) is 11.2. The van der Waals surface area contributed by atoms with Gasteiger partial charge in [0, 0.05) is 51.2 Å². The van der Waals surface area contributed by atoms with Crippen molar-refractivity contribution in [2.24, 2.45) is 5.92 Å². The minimum absolute atomic E-state index is 0.264. The number of aromatic nitrogens is 7. The Labute approximate surface area is 189 Å². The van der Waals surface area contributed by atoms with Gasteiger partial charge in [-0.05, 0) is 37.0 Å². The lowest BCUT2D eigenvalue weighted by Gasteiger charge is -2.46. The number of fused-ring (bicyclic) bond motifs is 2. The molecule has 2 aliphatic rings. The number of nitrogen functional groups attached to an aromatic ring is 1. The summed E-state index contributed by atoms with van der Waals surface area (Å²) in [6.07, 6.45) is 7.39. The van der Waals surface area contributed by atoms with Crippen LogP contribution in [0.1, 0.15) is 12.8 Å². The number of piperidine rings is 1. The van der Waals surface area contributed by atoms with E-state index in [-0.39, 0.29) is 5.95 Å². The third kappa shape index (κ3) is 3.93. The van der Waals surface area contributed by atoms with E-state index in [1.807, 2.05) is 6.07 Å². The van der Waals surface area contributed by atoms with Crippen molar-refractivity contribution in [3.63, 3.8) is 0 Å². The first-order valence-electron chi connectivity index (χ1n) is 11.2. The topological polar surface area (TPSA) is 139 Å². The minimum Gasteiger partial charge on any atom is -0.461 e. The number of nitrogens with zero attached hydrogens (tertiary/aromatic N) is 9. The Morgan fingerprint density at radius 3 is 2.82 bits per heavy atom. The van der Waals surface area contributed by atoms with E-state index < -0.39 is 0 Å². The Bertz CT molecular complexity index is 1230. The molecular weight excluding hydrogens is 422 g/mol. The van der Waals surface area contributed by atoms with Crippen LogP contribution in [0, 0.1) is 5.92 Å². The number of rotatable bonds is 5. The lowest BCUT2D eigenvalue weighted by Crippen LogP contribution is -2.57. The summed E-state index contributed by atoms with van der Waals surface area (Å²) < 4.78 is 6.84. The van der Waals surface area contributed by atoms with Crippen LogP contribution in [0.2, 0.25) is 0 Å². The van der Waals surface area contributed by atoms with Crippen molar-refractivity contribution in [1.82, 2.24) is 39.4 Å². The highest BCUT2D eigenvalue weighted by atomic mass is 16.3. The molecule has 0 amide bonds. The summed E-state index contributed by atoms with van der Waals surface area (Å²) in [5, 5.41) is 7.74. The summed E-state index contributed by atoms with van der Waals surface area (Å²) in [5.74, 6) is 3.57. The van der Waals surface area contributed by atoms with E-state index in [1.165, 1.54) is 4.52 Å². The van der Waals surface area contributed by atoms with E-state index >= 15 is 0 Å². The molecule has 0 unspecified atom stereocenters. The van der Waals surface area contributed by atoms with Gasteiger partial charge in [-0.15, -0.1) is 5.10 Å². The zero-order valence-corrected chi connectivity index (χ0v) is 18.1. The molecule has 3 N–H and O–H groups in total. The molecule has 0 aromatic carbocycles. The molecule has 4 aromatic rings. The van der Waals surface area contributed by atoms with Crippen LogP contribution in [0.25, 0.3) is 17.4 Å². The number of nitrogens with one attached hydrogen (secondary N) is 1. The number of piperazine rings is 1. The first-order chi connectivity index (χ1) is 16.2. The number of nitrogens with two attached hydrogens (primary N) is 1. The predicted octanol–water partition coefficient (Wildman–Crippen LogP) is 1.16. The highest BCUT2D eigenvalue weighted by molar-refractivity contribution is 5.53. The average Bonchev–Trinajstić information content (AvgIpc) is 3.53. The molecule has 0 saturated carbocycles. The summed E-state index contributed by atoms with van der Waals surface area (Å²) in [6, 6.07) is 5.89. The Hall–Kier alpha value is -3.80. The summed E-state index contributed by atoms with van der Waals surface area (Å²) in [6.45, 7) is 4.63. The van der Waals surface area contributed by atoms with Gasteiger partial charge in [0.1, 0.15) is 0 Å². The molecule has 0 spiro atoms. The minimum atomic E-state index is 0.264. The van der Waals surface area contributed by atoms with E-state index in [4.69, 9.17) is 10.2 Å². The molecule has 0 bridgehead atoms. The fourth-order valence-electron chi connectivity index (χ4n) is 4.68. The van der Waals surface area contributed by atoms with Crippen molar-refractivity contribution >= 4 is 23.6 Å². The van der Waals surface area contributed by atoms with Crippen molar-refractivity contribution in [2.75, 3.05) is 48.7 Å². The second-order valence-electron chi connectivity index (χ2n) is 8.50. The van der Waals surface area contributed by atoms with E-state index in [0.29, 0.717) is 41.2 Å². The Kier molecular flexibility index (Phi) is 4.98. The summed E-state index contributed by atoms with van der Waals surface area (Å²) in [7, 11) is 0. The largest absolute Gasteiger partial charge is 0.461 e. The zero-order chi connectivity index (χ0) is 22.2. The standard InChI is InChI=1S/C21H25N11O/c22-18-27-20(28-21-26-17(29-32(18)21)16-3-1-10-33-16)31-9-8-30-12-14(4-5-15(30)13-31)11-25-19-23-6-2-7-24-19/h1-3,6-7,10,14-15H,4-5,8-9,11-13H2,(H,23,24,25)(H2,22,26,27,28,29)/t14-,15+/m1/s1. The number of furan rings is 1. The van der Waals surface area contributed by atoms with Gasteiger partial charge in [0.05, 0.1) is 6.26 Å². The van der Waals surface area contributed by atoms with Gasteiger partial charge in [0.2, 0.25) is 23.7 Å². The van der Waals surface area contributed by atoms with Gasteiger partial charge in [-0.1, -0.05) is 0 Å². The van der Waals surface area contributed by atoms with E-state index in [2.05, 4.69) is 45.1 Å². The van der Waals surface area contributed by atoms with Crippen LogP contribution in [-0.2, 0) is 0 Å². The van der Waals surface area contributed by atoms with Crippen molar-refractivity contribution < 1.29 is 4.42 Å². The molecule has 170 valence electrons. The molecule has 0 aliphatic carbocycles. The fourth-order valence-corrected chi connectivity index (χ4v) is 4.68. The Balaban J connectivity index is 1.12. The van der Waals surface area contributed by atoms with Crippen molar-refractivity contribution in [1.29, 1.82) is 0 Å². The Morgan fingerprint density at radius 2 is 1.97 bits per heavy atom. The predicted molar refractivity (Wildman–Crippen MR) is 122 cm³/mol. The molecule has 2 aliphatic heterocycles. The van der Waals surface area contributed by atoms with Crippen LogP contribution in [0.3, 0.4) is 0 Å². The van der Waals surface area contributed by atoms with Gasteiger partial charge in [0.25, 0.3) is 5.78 Å². The molecule has 0 radical (unpaired) electrons. The third-order valence-corrected chi connectivity index (χ3v) is 6.37. The van der Waals surface area contributed by atoms with Crippen molar-refractivity contribution in [2.45, 2.75) is 18.9 Å². The highest BCUT2D eigenvalue weighted by Crippen LogP contribution is 2.27. The summed E-state index contributed by atoms with van der Waals surface area (Å²) >= 11 is 0. The monoisotopic (exact) mass is 447 g/mol. The average molecular weight is 448 g/mol. The molecule has 6 rings (SSSR count). The smallest absolute Gasteiger partial charge is 0.259 e. The molecule has 12 heteroatoms. The van der Waals surface area contributed by atoms with Gasteiger partial charge < -0.3 is 20.4 Å². The fraction of sp³-hybridized carbons (Fsp3) is 0.429. The maximum Gasteiger partial charge on any atom is 0.259 e. The maximum absolute atomic E-state index is 6.19. The quantitative estimate of drug-likeness (QED) is 0.455. The first kappa shape index (κ1) is 19.9. The van der Waals surface area contributed by atoms with Gasteiger partial charge >= 0.3 is 0 Å². The van der Waals surface area contributed by atoms with Gasteiger partial charge in [-0.3, -0.25) is 4.90 Å². The van der Waals surface area contributed by atoms with Gasteiger partial charge in [-0.2, -0.15) is 19.5 Å². The van der Waals surface area contributed by atoms with Crippen LogP contribution < -0.4 is 16.0 Å². The van der Waals surface area contributed by atoms with Crippen LogP contribution in [0.5, 0.6) is 0 Å². The SMILES string of the molecule is Nc1nc(N2CCN3C[C@@H](CNc4ncccn4)CC[C@H]3C2)nc2nc(-c3ccco3)nn12. The molecule has 2 saturated heterocycles.